The predicted molar refractivity (Wildman–Crippen MR) is 110 cm³/mol. The first kappa shape index (κ1) is 18.0. The van der Waals surface area contributed by atoms with Crippen LogP contribution in [0.3, 0.4) is 0 Å². The number of hydrogen-bond acceptors (Lipinski definition) is 4. The molecule has 2 aromatic carbocycles. The van der Waals surface area contributed by atoms with Gasteiger partial charge in [-0.05, 0) is 11.1 Å². The lowest BCUT2D eigenvalue weighted by Crippen LogP contribution is -2.05. The van der Waals surface area contributed by atoms with Gasteiger partial charge in [0.2, 0.25) is 0 Å². The first-order chi connectivity index (χ1) is 13.7. The molecule has 0 radical (unpaired) electrons. The molecule has 1 N–H and O–H groups in total. The number of benzene rings is 2. The molecule has 0 aliphatic heterocycles. The maximum Gasteiger partial charge on any atom is 0.335 e. The third-order valence-corrected chi connectivity index (χ3v) is 5.37. The van der Waals surface area contributed by atoms with Gasteiger partial charge in [0.25, 0.3) is 0 Å². The molecule has 0 aliphatic carbocycles. The SMILES string of the molecule is COC=C(Cc1csc2nc(-c3ccc(-c4ccccc4)cc3)cn12)C(=O)O. The van der Waals surface area contributed by atoms with E-state index in [1.54, 1.807) is 0 Å². The van der Waals surface area contributed by atoms with Gasteiger partial charge >= 0.3 is 5.97 Å². The third-order valence-electron chi connectivity index (χ3n) is 4.48. The van der Waals surface area contributed by atoms with E-state index in [1.807, 2.05) is 34.2 Å². The summed E-state index contributed by atoms with van der Waals surface area (Å²) in [7, 11) is 1.45. The van der Waals surface area contributed by atoms with Gasteiger partial charge in [-0.2, -0.15) is 0 Å². The Bertz CT molecular complexity index is 1140. The molecule has 0 aliphatic rings. The minimum Gasteiger partial charge on any atom is -0.504 e. The number of nitrogens with zero attached hydrogens (tertiary/aromatic N) is 2. The van der Waals surface area contributed by atoms with Crippen molar-refractivity contribution in [3.63, 3.8) is 0 Å². The lowest BCUT2D eigenvalue weighted by Gasteiger charge is -2.03. The molecule has 4 aromatic rings. The van der Waals surface area contributed by atoms with E-state index in [1.165, 1.54) is 30.3 Å². The number of methoxy groups -OCH3 is 1. The van der Waals surface area contributed by atoms with Crippen LogP contribution < -0.4 is 0 Å². The Hall–Kier alpha value is -3.38. The summed E-state index contributed by atoms with van der Waals surface area (Å²) in [5.74, 6) is -0.988. The number of aromatic nitrogens is 2. The monoisotopic (exact) mass is 390 g/mol. The molecule has 0 bridgehead atoms. The Morgan fingerprint density at radius 1 is 1.11 bits per heavy atom. The Kier molecular flexibility index (Phi) is 4.95. The highest BCUT2D eigenvalue weighted by molar-refractivity contribution is 7.15. The summed E-state index contributed by atoms with van der Waals surface area (Å²) in [5.41, 5.74) is 5.28. The van der Waals surface area contributed by atoms with Gasteiger partial charge in [0.1, 0.15) is 0 Å². The van der Waals surface area contributed by atoms with Gasteiger partial charge in [-0.3, -0.25) is 4.40 Å². The topological polar surface area (TPSA) is 63.8 Å². The van der Waals surface area contributed by atoms with Crippen LogP contribution in [-0.2, 0) is 16.0 Å². The fraction of sp³-hybridized carbons (Fsp3) is 0.0909. The molecule has 140 valence electrons. The summed E-state index contributed by atoms with van der Waals surface area (Å²) in [6.07, 6.45) is 3.49. The van der Waals surface area contributed by atoms with Gasteiger partial charge in [0, 0.05) is 29.3 Å². The summed E-state index contributed by atoms with van der Waals surface area (Å²) in [6, 6.07) is 18.5. The molecule has 5 nitrogen and oxygen atoms in total. The molecular weight excluding hydrogens is 372 g/mol. The average molecular weight is 390 g/mol. The molecule has 6 heteroatoms. The number of carboxylic acid groups (broad SMARTS) is 1. The molecule has 0 unspecified atom stereocenters. The highest BCUT2D eigenvalue weighted by atomic mass is 32.1. The van der Waals surface area contributed by atoms with Crippen LogP contribution in [0.4, 0.5) is 0 Å². The Balaban J connectivity index is 1.63. The highest BCUT2D eigenvalue weighted by Gasteiger charge is 2.15. The summed E-state index contributed by atoms with van der Waals surface area (Å²) < 4.78 is 6.83. The molecule has 0 saturated heterocycles. The minimum atomic E-state index is -0.988. The van der Waals surface area contributed by atoms with E-state index in [-0.39, 0.29) is 12.0 Å². The van der Waals surface area contributed by atoms with Crippen molar-refractivity contribution in [3.05, 3.63) is 83.7 Å². The summed E-state index contributed by atoms with van der Waals surface area (Å²) in [5, 5.41) is 11.2. The van der Waals surface area contributed by atoms with Crippen LogP contribution in [0.25, 0.3) is 27.3 Å². The van der Waals surface area contributed by atoms with Crippen molar-refractivity contribution < 1.29 is 14.6 Å². The van der Waals surface area contributed by atoms with E-state index in [2.05, 4.69) is 41.4 Å². The second kappa shape index (κ2) is 7.70. The molecule has 0 spiro atoms. The zero-order valence-corrected chi connectivity index (χ0v) is 16.0. The first-order valence-corrected chi connectivity index (χ1v) is 9.60. The number of fused-ring (bicyclic) bond motifs is 1. The lowest BCUT2D eigenvalue weighted by atomic mass is 10.0. The average Bonchev–Trinajstić information content (AvgIpc) is 3.30. The lowest BCUT2D eigenvalue weighted by molar-refractivity contribution is -0.132. The number of ether oxygens (including phenoxy) is 1. The largest absolute Gasteiger partial charge is 0.504 e. The van der Waals surface area contributed by atoms with Crippen LogP contribution in [0.1, 0.15) is 5.69 Å². The van der Waals surface area contributed by atoms with Crippen molar-refractivity contribution in [2.75, 3.05) is 7.11 Å². The normalized spacial score (nSPS) is 11.7. The number of aliphatic carboxylic acids is 1. The Labute approximate surface area is 166 Å². The van der Waals surface area contributed by atoms with E-state index in [4.69, 9.17) is 4.74 Å². The maximum atomic E-state index is 11.4. The maximum absolute atomic E-state index is 11.4. The second-order valence-electron chi connectivity index (χ2n) is 6.31. The van der Waals surface area contributed by atoms with Gasteiger partial charge < -0.3 is 9.84 Å². The van der Waals surface area contributed by atoms with E-state index in [0.29, 0.717) is 0 Å². The second-order valence-corrected chi connectivity index (χ2v) is 7.15. The number of hydrogen-bond donors (Lipinski definition) is 1. The minimum absolute atomic E-state index is 0.199. The molecule has 28 heavy (non-hydrogen) atoms. The van der Waals surface area contributed by atoms with Crippen LogP contribution in [-0.4, -0.2) is 27.6 Å². The fourth-order valence-corrected chi connectivity index (χ4v) is 3.94. The van der Waals surface area contributed by atoms with Crippen molar-refractivity contribution in [1.29, 1.82) is 0 Å². The van der Waals surface area contributed by atoms with Crippen molar-refractivity contribution in [1.82, 2.24) is 9.38 Å². The van der Waals surface area contributed by atoms with E-state index in [9.17, 15) is 9.90 Å². The zero-order valence-electron chi connectivity index (χ0n) is 15.2. The van der Waals surface area contributed by atoms with Gasteiger partial charge in [-0.15, -0.1) is 11.3 Å². The first-order valence-electron chi connectivity index (χ1n) is 8.72. The highest BCUT2D eigenvalue weighted by Crippen LogP contribution is 2.27. The number of carbonyl (C=O) groups is 1. The molecule has 0 atom stereocenters. The number of carboxylic acids is 1. The van der Waals surface area contributed by atoms with E-state index >= 15 is 0 Å². The van der Waals surface area contributed by atoms with Crippen LogP contribution in [0.5, 0.6) is 0 Å². The molecule has 0 saturated carbocycles. The van der Waals surface area contributed by atoms with Crippen molar-refractivity contribution in [2.45, 2.75) is 6.42 Å². The quantitative estimate of drug-likeness (QED) is 0.376. The molecule has 0 amide bonds. The molecular formula is C22H18N2O3S. The van der Waals surface area contributed by atoms with Gasteiger partial charge in [0.15, 0.2) is 4.96 Å². The van der Waals surface area contributed by atoms with Crippen molar-refractivity contribution in [3.8, 4) is 22.4 Å². The van der Waals surface area contributed by atoms with Gasteiger partial charge in [0.05, 0.1) is 24.6 Å². The van der Waals surface area contributed by atoms with Crippen molar-refractivity contribution >= 4 is 22.3 Å². The molecule has 4 rings (SSSR count). The zero-order chi connectivity index (χ0) is 19.5. The number of imidazole rings is 1. The van der Waals surface area contributed by atoms with Gasteiger partial charge in [-0.25, -0.2) is 9.78 Å². The van der Waals surface area contributed by atoms with E-state index < -0.39 is 5.97 Å². The third kappa shape index (κ3) is 3.54. The van der Waals surface area contributed by atoms with Gasteiger partial charge in [-0.1, -0.05) is 54.6 Å². The number of rotatable bonds is 6. The summed E-state index contributed by atoms with van der Waals surface area (Å²) in [4.78, 5) is 16.9. The summed E-state index contributed by atoms with van der Waals surface area (Å²) >= 11 is 1.49. The Morgan fingerprint density at radius 3 is 2.46 bits per heavy atom. The predicted octanol–water partition coefficient (Wildman–Crippen LogP) is 4.89. The van der Waals surface area contributed by atoms with Crippen LogP contribution in [0.2, 0.25) is 0 Å². The molecule has 2 aromatic heterocycles. The summed E-state index contributed by atoms with van der Waals surface area (Å²) in [6.45, 7) is 0. The molecule has 2 heterocycles. The fourth-order valence-electron chi connectivity index (χ4n) is 3.06. The van der Waals surface area contributed by atoms with Crippen LogP contribution in [0.15, 0.2) is 78.0 Å². The molecule has 0 fully saturated rings. The van der Waals surface area contributed by atoms with E-state index in [0.717, 1.165) is 27.5 Å². The van der Waals surface area contributed by atoms with Crippen LogP contribution >= 0.6 is 11.3 Å². The smallest absolute Gasteiger partial charge is 0.335 e. The van der Waals surface area contributed by atoms with Crippen LogP contribution in [0, 0.1) is 0 Å². The number of thiazole rings is 1. The van der Waals surface area contributed by atoms with Crippen molar-refractivity contribution in [2.24, 2.45) is 0 Å². The Morgan fingerprint density at radius 2 is 1.79 bits per heavy atom. The standard InChI is InChI=1S/C22H18N2O3S/c1-27-13-18(21(25)26)11-19-14-28-22-23-20(12-24(19)22)17-9-7-16(8-10-17)15-5-3-2-4-6-15/h2-10,12-14H,11H2,1H3,(H,25,26).